The fourth-order valence-corrected chi connectivity index (χ4v) is 18.0. The van der Waals surface area contributed by atoms with Crippen molar-refractivity contribution in [2.45, 2.75) is 280 Å². The molecule has 6 aromatic carbocycles. The Morgan fingerprint density at radius 1 is 0.300 bits per heavy atom. The number of rotatable bonds is 33. The Morgan fingerprint density at radius 2 is 0.560 bits per heavy atom. The summed E-state index contributed by atoms with van der Waals surface area (Å²) in [5, 5.41) is 30.6. The molecule has 150 heavy (non-hydrogen) atoms. The van der Waals surface area contributed by atoms with Crippen LogP contribution in [0.5, 0.6) is 52.4 Å². The maximum atomic E-state index is 15.1. The molecule has 1 N–H and O–H groups in total. The van der Waals surface area contributed by atoms with Crippen LogP contribution in [0.3, 0.4) is 0 Å². The Bertz CT molecular complexity index is 5810. The summed E-state index contributed by atoms with van der Waals surface area (Å²) in [6.07, 6.45) is 26.5. The van der Waals surface area contributed by atoms with Crippen molar-refractivity contribution in [2.75, 3.05) is 91.9 Å². The SMILES string of the molecule is CC(C)(C)Oc1nccnc1CN1CCC(C#N)(COc2ccccc2F)CC1.CC(C)(C)Oc1nccnc1CN1CCC(CCc2ccccc2F)(COc2ccccc2F)CC1.CC(C)(C)Oc1nccnc1CN1CCC(F)(COc2ccccc2F)CC1.Cc1ccccc1CCC1(O)CCN(Cc2nccnc2OC(C)(C)C)CC1.Cc1ccccc1OCC1(C#N)CCN(Cc2nccnc2OC(C)(C)C)CC1. The highest BCUT2D eigenvalue weighted by atomic mass is 19.2. The molecule has 32 heteroatoms. The zero-order chi connectivity index (χ0) is 108. The van der Waals surface area contributed by atoms with Gasteiger partial charge in [-0.2, -0.15) is 10.5 Å². The van der Waals surface area contributed by atoms with Crippen molar-refractivity contribution in [2.24, 2.45) is 16.2 Å². The number of aryl methyl sites for hydroxylation is 4. The van der Waals surface area contributed by atoms with E-state index >= 15 is 4.39 Å². The third-order valence-electron chi connectivity index (χ3n) is 26.8. The van der Waals surface area contributed by atoms with Crippen LogP contribution in [-0.4, -0.2) is 211 Å². The first-order valence-electron chi connectivity index (χ1n) is 52.2. The van der Waals surface area contributed by atoms with E-state index in [1.54, 1.807) is 117 Å². The van der Waals surface area contributed by atoms with Crippen LogP contribution in [0.1, 0.15) is 232 Å². The number of nitriles is 2. The Kier molecular flexibility index (Phi) is 41.2. The average Bonchev–Trinajstić information content (AvgIpc) is 0.812. The first-order chi connectivity index (χ1) is 71.3. The van der Waals surface area contributed by atoms with E-state index in [0.29, 0.717) is 126 Å². The van der Waals surface area contributed by atoms with Gasteiger partial charge in [-0.15, -0.1) is 0 Å². The highest BCUT2D eigenvalue weighted by molar-refractivity contribution is 5.34. The molecule has 11 aromatic rings. The van der Waals surface area contributed by atoms with Gasteiger partial charge in [-0.05, 0) is 291 Å². The summed E-state index contributed by atoms with van der Waals surface area (Å²) >= 11 is 0. The molecule has 5 aromatic heterocycles. The van der Waals surface area contributed by atoms with E-state index in [0.717, 1.165) is 150 Å². The quantitative estimate of drug-likeness (QED) is 0.0374. The molecule has 804 valence electrons. The molecule has 16 rings (SSSR count). The Morgan fingerprint density at radius 3 is 0.880 bits per heavy atom. The first kappa shape index (κ1) is 116. The lowest BCUT2D eigenvalue weighted by Gasteiger charge is -2.42. The minimum Gasteiger partial charge on any atom is -0.492 e. The predicted molar refractivity (Wildman–Crippen MR) is 569 cm³/mol. The van der Waals surface area contributed by atoms with Crippen molar-refractivity contribution in [3.8, 4) is 64.5 Å². The van der Waals surface area contributed by atoms with Crippen molar-refractivity contribution in [1.82, 2.24) is 74.3 Å². The van der Waals surface area contributed by atoms with Crippen molar-refractivity contribution < 1.29 is 69.7 Å². The second-order valence-corrected chi connectivity index (χ2v) is 44.9. The number of hydrogen-bond acceptors (Lipinski definition) is 27. The molecule has 0 spiro atoms. The van der Waals surface area contributed by atoms with Gasteiger partial charge in [-0.1, -0.05) is 97.1 Å². The van der Waals surface area contributed by atoms with Gasteiger partial charge in [-0.3, -0.25) is 49.4 Å². The third-order valence-corrected chi connectivity index (χ3v) is 26.8. The van der Waals surface area contributed by atoms with Gasteiger partial charge in [-0.25, -0.2) is 46.9 Å². The molecular formula is C118H152F5N17O10. The van der Waals surface area contributed by atoms with Crippen LogP contribution in [0.2, 0.25) is 0 Å². The van der Waals surface area contributed by atoms with Crippen LogP contribution < -0.4 is 42.6 Å². The monoisotopic (exact) mass is 2060 g/mol. The highest BCUT2D eigenvalue weighted by Gasteiger charge is 2.42. The molecule has 0 saturated carbocycles. The summed E-state index contributed by atoms with van der Waals surface area (Å²) < 4.78 is 124. The van der Waals surface area contributed by atoms with Gasteiger partial charge in [0.25, 0.3) is 0 Å². The minimum atomic E-state index is -1.47. The Labute approximate surface area is 883 Å². The topological polar surface area (TPSA) is 296 Å². The molecule has 5 aliphatic rings. The van der Waals surface area contributed by atoms with Crippen molar-refractivity contribution in [3.63, 3.8) is 0 Å². The van der Waals surface area contributed by atoms with Gasteiger partial charge in [0.2, 0.25) is 29.4 Å². The number of alkyl halides is 1. The molecule has 10 heterocycles. The van der Waals surface area contributed by atoms with Gasteiger partial charge in [0.05, 0.1) is 35.2 Å². The smallest absolute Gasteiger partial charge is 0.237 e. The number of halogens is 5. The maximum absolute atomic E-state index is 15.1. The third kappa shape index (κ3) is 37.4. The number of ether oxygens (including phenoxy) is 9. The highest BCUT2D eigenvalue weighted by Crippen LogP contribution is 2.42. The summed E-state index contributed by atoms with van der Waals surface area (Å²) in [7, 11) is 0. The van der Waals surface area contributed by atoms with Crippen LogP contribution in [-0.2, 0) is 45.6 Å². The number of piperidine rings is 5. The number of aromatic nitrogens is 10. The van der Waals surface area contributed by atoms with Crippen LogP contribution in [0.15, 0.2) is 208 Å². The van der Waals surface area contributed by atoms with Crippen molar-refractivity contribution >= 4 is 0 Å². The van der Waals surface area contributed by atoms with Gasteiger partial charge in [0, 0.05) is 152 Å². The van der Waals surface area contributed by atoms with E-state index in [1.807, 2.05) is 147 Å². The van der Waals surface area contributed by atoms with E-state index < -0.39 is 33.7 Å². The van der Waals surface area contributed by atoms with Crippen LogP contribution >= 0.6 is 0 Å². The maximum Gasteiger partial charge on any atom is 0.237 e. The number of hydrogen-bond donors (Lipinski definition) is 1. The number of benzene rings is 6. The molecule has 0 amide bonds. The number of likely N-dealkylation sites (tertiary alicyclic amines) is 5. The Balaban J connectivity index is 0.000000167. The largest absolute Gasteiger partial charge is 0.492 e. The van der Waals surface area contributed by atoms with Crippen molar-refractivity contribution in [1.29, 1.82) is 10.5 Å². The lowest BCUT2D eigenvalue weighted by Crippen LogP contribution is -2.44. The fraction of sp³-hybridized carbons (Fsp3) is 0.508. The molecule has 27 nitrogen and oxygen atoms in total. The minimum absolute atomic E-state index is 0.0884. The summed E-state index contributed by atoms with van der Waals surface area (Å²) in [5.41, 5.74) is 3.46. The average molecular weight is 2060 g/mol. The number of nitrogens with zero attached hydrogens (tertiary/aromatic N) is 17. The summed E-state index contributed by atoms with van der Waals surface area (Å²) in [4.78, 5) is 55.4. The van der Waals surface area contributed by atoms with E-state index in [-0.39, 0.29) is 75.5 Å². The Hall–Kier alpha value is -12.7. The lowest BCUT2D eigenvalue weighted by molar-refractivity contribution is -0.0295. The molecule has 0 bridgehead atoms. The molecule has 0 unspecified atom stereocenters. The van der Waals surface area contributed by atoms with Gasteiger partial charge in [0.15, 0.2) is 34.7 Å². The molecule has 5 fully saturated rings. The zero-order valence-electron chi connectivity index (χ0n) is 90.6. The molecule has 5 aliphatic heterocycles. The zero-order valence-corrected chi connectivity index (χ0v) is 90.6. The summed E-state index contributed by atoms with van der Waals surface area (Å²) in [5.74, 6) is 2.75. The number of aliphatic hydroxyl groups is 1. The second kappa shape index (κ2) is 53.3. The van der Waals surface area contributed by atoms with Gasteiger partial charge in [0.1, 0.15) is 93.5 Å². The number of para-hydroxylation sites is 4. The summed E-state index contributed by atoms with van der Waals surface area (Å²) in [6, 6.07) is 47.0. The van der Waals surface area contributed by atoms with Gasteiger partial charge < -0.3 is 47.7 Å². The standard InChI is InChI=1S/C29H35F2N3O2.C23H30N4O2.C23H33N3O2.C22H27FN4O2.C21H27F2N3O2/c1-28(2,3)36-27-25(32-16-17-33-27)20-34-18-14-29(15-19-34,13-12-22-8-4-5-9-23(22)30)21-35-26-11-7-6-10-24(26)31;1-18-7-5-6-8-20(18)28-17-23(16-24)9-13-27(14-10-23)15-19-21(26-12-11-25-19)29-22(2,3)4;1-18-7-5-6-8-19(18)9-10-23(27)11-15-26(16-12-23)17-20-21(25-14-13-24-20)28-22(2,3)4;1-21(2,3)29-20-18(25-10-11-26-20)14-27-12-8-22(15-24,9-13-27)16-28-19-7-5-4-6-17(19)23;1-20(2,3)28-19-17(24-10-11-25-19)14-26-12-8-21(23,9-13-26)15-27-18-7-5-4-6-16(18)22/h4-11,16-17H,12-15,18-21H2,1-3H3;5-8,11-12H,9-10,13-15,17H2,1-4H3;5-8,13-14,27H,9-12,15-17H2,1-4H3;4-7,10-11H,8-9,12-14,16H2,1-3H3;4-7,10-11H,8-9,12-15H2,1-3H3. The van der Waals surface area contributed by atoms with Crippen LogP contribution in [0.25, 0.3) is 0 Å². The normalized spacial score (nSPS) is 16.8. The summed E-state index contributed by atoms with van der Waals surface area (Å²) in [6.45, 7) is 45.5. The first-order valence-corrected chi connectivity index (χ1v) is 52.2. The molecule has 5 saturated heterocycles. The van der Waals surface area contributed by atoms with E-state index in [4.69, 9.17) is 42.6 Å². The molecule has 0 atom stereocenters. The fourth-order valence-electron chi connectivity index (χ4n) is 18.0. The predicted octanol–water partition coefficient (Wildman–Crippen LogP) is 22.4. The van der Waals surface area contributed by atoms with Crippen molar-refractivity contribution in [3.05, 3.63) is 282 Å². The molecular weight excluding hydrogens is 1910 g/mol. The second-order valence-electron chi connectivity index (χ2n) is 44.9. The van der Waals surface area contributed by atoms with E-state index in [9.17, 15) is 33.2 Å². The van der Waals surface area contributed by atoms with E-state index in [2.05, 4.69) is 118 Å². The molecule has 0 radical (unpaired) electrons. The van der Waals surface area contributed by atoms with Crippen LogP contribution in [0, 0.1) is 76.0 Å². The van der Waals surface area contributed by atoms with E-state index in [1.165, 1.54) is 41.5 Å². The molecule has 0 aliphatic carbocycles. The van der Waals surface area contributed by atoms with Crippen LogP contribution in [0.4, 0.5) is 22.0 Å². The van der Waals surface area contributed by atoms with Gasteiger partial charge >= 0.3 is 0 Å². The lowest BCUT2D eigenvalue weighted by atomic mass is 9.74.